The molecule has 3 heterocycles. The standard InChI is InChI=1S/C30H32N4O6/c1-4-29(35)34-11-9-21(10-12-34)40-28-17-22-23(18-27(28)37-3)31-19-32-30(22)33-24-16-20(25-6-5-13-38-25)7-8-26(24)39-15-14-36-2/h4-8,13,16-19,21H,1,9-12,14-15H2,2-3H3,(H,31,32,33). The number of hydrogen-bond donors (Lipinski definition) is 1. The zero-order valence-corrected chi connectivity index (χ0v) is 22.6. The van der Waals surface area contributed by atoms with Gasteiger partial charge in [-0.1, -0.05) is 6.58 Å². The number of furan rings is 1. The first-order valence-electron chi connectivity index (χ1n) is 13.1. The van der Waals surface area contributed by atoms with E-state index in [1.54, 1.807) is 25.4 Å². The summed E-state index contributed by atoms with van der Waals surface area (Å²) in [4.78, 5) is 22.7. The van der Waals surface area contributed by atoms with Crippen molar-refractivity contribution in [3.8, 4) is 28.6 Å². The average molecular weight is 545 g/mol. The molecule has 1 aliphatic heterocycles. The summed E-state index contributed by atoms with van der Waals surface area (Å²) < 4.78 is 28.8. The Hall–Kier alpha value is -4.57. The molecule has 10 heteroatoms. The van der Waals surface area contributed by atoms with Gasteiger partial charge >= 0.3 is 0 Å². The number of likely N-dealkylation sites (tertiary alicyclic amines) is 1. The molecule has 0 spiro atoms. The predicted octanol–water partition coefficient (Wildman–Crippen LogP) is 5.22. The van der Waals surface area contributed by atoms with Crippen molar-refractivity contribution in [1.82, 2.24) is 14.9 Å². The molecule has 0 bridgehead atoms. The number of nitrogens with zero attached hydrogens (tertiary/aromatic N) is 3. The molecular weight excluding hydrogens is 512 g/mol. The third kappa shape index (κ3) is 6.02. The normalized spacial score (nSPS) is 13.7. The van der Waals surface area contributed by atoms with Gasteiger partial charge < -0.3 is 33.6 Å². The summed E-state index contributed by atoms with van der Waals surface area (Å²) in [7, 11) is 3.23. The number of carbonyl (C=O) groups is 1. The molecule has 40 heavy (non-hydrogen) atoms. The Bertz CT molecular complexity index is 1460. The van der Waals surface area contributed by atoms with Crippen LogP contribution in [0.1, 0.15) is 12.8 Å². The molecule has 10 nitrogen and oxygen atoms in total. The van der Waals surface area contributed by atoms with Crippen LogP contribution in [0.3, 0.4) is 0 Å². The average Bonchev–Trinajstić information content (AvgIpc) is 3.53. The van der Waals surface area contributed by atoms with Crippen LogP contribution < -0.4 is 19.5 Å². The Morgan fingerprint density at radius 1 is 1.10 bits per heavy atom. The maximum absolute atomic E-state index is 12.0. The van der Waals surface area contributed by atoms with Gasteiger partial charge in [-0.25, -0.2) is 9.97 Å². The van der Waals surface area contributed by atoms with Crippen molar-refractivity contribution >= 4 is 28.3 Å². The molecule has 0 unspecified atom stereocenters. The minimum atomic E-state index is -0.0629. The molecule has 1 aliphatic rings. The van der Waals surface area contributed by atoms with Gasteiger partial charge in [-0.2, -0.15) is 0 Å². The second kappa shape index (κ2) is 12.5. The van der Waals surface area contributed by atoms with Gasteiger partial charge in [0.2, 0.25) is 5.91 Å². The van der Waals surface area contributed by atoms with Crippen LogP contribution in [0.2, 0.25) is 0 Å². The Balaban J connectivity index is 1.45. The Labute approximate surface area is 232 Å². The highest BCUT2D eigenvalue weighted by molar-refractivity contribution is 5.93. The lowest BCUT2D eigenvalue weighted by Gasteiger charge is -2.31. The van der Waals surface area contributed by atoms with Gasteiger partial charge in [-0.3, -0.25) is 4.79 Å². The molecule has 208 valence electrons. The van der Waals surface area contributed by atoms with E-state index in [4.69, 9.17) is 23.4 Å². The molecule has 5 rings (SSSR count). The first-order chi connectivity index (χ1) is 19.6. The van der Waals surface area contributed by atoms with Crippen molar-refractivity contribution in [3.05, 3.63) is 67.7 Å². The van der Waals surface area contributed by atoms with E-state index in [0.29, 0.717) is 73.4 Å². The number of rotatable bonds is 11. The van der Waals surface area contributed by atoms with Crippen molar-refractivity contribution in [2.75, 3.05) is 45.8 Å². The molecule has 0 saturated carbocycles. The minimum absolute atomic E-state index is 0.0590. The SMILES string of the molecule is C=CC(=O)N1CCC(Oc2cc3c(Nc4cc(-c5ccco5)ccc4OCCOC)ncnc3cc2OC)CC1. The van der Waals surface area contributed by atoms with Crippen LogP contribution >= 0.6 is 0 Å². The first-order valence-corrected chi connectivity index (χ1v) is 13.1. The third-order valence-corrected chi connectivity index (χ3v) is 6.73. The Kier molecular flexibility index (Phi) is 8.46. The van der Waals surface area contributed by atoms with Crippen LogP contribution in [0.25, 0.3) is 22.2 Å². The molecule has 1 amide bonds. The second-order valence-corrected chi connectivity index (χ2v) is 9.24. The Morgan fingerprint density at radius 3 is 2.67 bits per heavy atom. The lowest BCUT2D eigenvalue weighted by molar-refractivity contribution is -0.127. The van der Waals surface area contributed by atoms with Gasteiger partial charge in [-0.05, 0) is 42.5 Å². The number of ether oxygens (including phenoxy) is 4. The van der Waals surface area contributed by atoms with E-state index in [-0.39, 0.29) is 12.0 Å². The van der Waals surface area contributed by atoms with Gasteiger partial charge in [0.05, 0.1) is 31.2 Å². The van der Waals surface area contributed by atoms with Crippen molar-refractivity contribution in [1.29, 1.82) is 0 Å². The fraction of sp³-hybridized carbons (Fsp3) is 0.300. The van der Waals surface area contributed by atoms with Crippen LogP contribution in [0.4, 0.5) is 11.5 Å². The number of fused-ring (bicyclic) bond motifs is 1. The second-order valence-electron chi connectivity index (χ2n) is 9.24. The number of hydrogen-bond acceptors (Lipinski definition) is 9. The van der Waals surface area contributed by atoms with Crippen molar-refractivity contribution < 1.29 is 28.2 Å². The molecule has 4 aromatic rings. The smallest absolute Gasteiger partial charge is 0.245 e. The Morgan fingerprint density at radius 2 is 1.95 bits per heavy atom. The number of nitrogens with one attached hydrogen (secondary N) is 1. The number of anilines is 2. The molecule has 0 atom stereocenters. The van der Waals surface area contributed by atoms with E-state index < -0.39 is 0 Å². The summed E-state index contributed by atoms with van der Waals surface area (Å²) in [6, 6.07) is 13.3. The maximum atomic E-state index is 12.0. The van der Waals surface area contributed by atoms with E-state index in [2.05, 4.69) is 21.9 Å². The highest BCUT2D eigenvalue weighted by Crippen LogP contribution is 2.38. The zero-order valence-electron chi connectivity index (χ0n) is 22.6. The quantitative estimate of drug-likeness (QED) is 0.201. The van der Waals surface area contributed by atoms with Crippen molar-refractivity contribution in [2.24, 2.45) is 0 Å². The number of methoxy groups -OCH3 is 2. The number of piperidine rings is 1. The molecule has 1 fully saturated rings. The van der Waals surface area contributed by atoms with Gasteiger partial charge in [0.25, 0.3) is 0 Å². The molecule has 0 radical (unpaired) electrons. The van der Waals surface area contributed by atoms with Crippen LogP contribution in [-0.2, 0) is 9.53 Å². The number of amides is 1. The van der Waals surface area contributed by atoms with Crippen molar-refractivity contribution in [3.63, 3.8) is 0 Å². The molecular formula is C30H32N4O6. The number of benzene rings is 2. The van der Waals surface area contributed by atoms with Crippen LogP contribution in [0.5, 0.6) is 17.2 Å². The maximum Gasteiger partial charge on any atom is 0.245 e. The molecule has 0 aliphatic carbocycles. The van der Waals surface area contributed by atoms with E-state index >= 15 is 0 Å². The monoisotopic (exact) mass is 544 g/mol. The summed E-state index contributed by atoms with van der Waals surface area (Å²) in [5, 5.41) is 4.18. The highest BCUT2D eigenvalue weighted by atomic mass is 16.5. The molecule has 2 aromatic carbocycles. The summed E-state index contributed by atoms with van der Waals surface area (Å²) in [5.41, 5.74) is 2.29. The van der Waals surface area contributed by atoms with Crippen LogP contribution in [0.15, 0.2) is 72.1 Å². The lowest BCUT2D eigenvalue weighted by atomic mass is 10.1. The zero-order chi connectivity index (χ0) is 27.9. The van der Waals surface area contributed by atoms with E-state index in [9.17, 15) is 4.79 Å². The summed E-state index contributed by atoms with van der Waals surface area (Å²) in [6.07, 6.45) is 5.84. The van der Waals surface area contributed by atoms with Crippen LogP contribution in [-0.4, -0.2) is 67.4 Å². The van der Waals surface area contributed by atoms with Gasteiger partial charge in [-0.15, -0.1) is 0 Å². The van der Waals surface area contributed by atoms with Gasteiger partial charge in [0.15, 0.2) is 11.5 Å². The number of carbonyl (C=O) groups excluding carboxylic acids is 1. The van der Waals surface area contributed by atoms with Gasteiger partial charge in [0.1, 0.15) is 36.4 Å². The van der Waals surface area contributed by atoms with Gasteiger partial charge in [0, 0.05) is 50.1 Å². The number of aromatic nitrogens is 2. The highest BCUT2D eigenvalue weighted by Gasteiger charge is 2.24. The fourth-order valence-corrected chi connectivity index (χ4v) is 4.63. The van der Waals surface area contributed by atoms with Crippen LogP contribution in [0, 0.1) is 0 Å². The van der Waals surface area contributed by atoms with E-state index in [1.165, 1.54) is 12.4 Å². The van der Waals surface area contributed by atoms with E-state index in [1.807, 2.05) is 42.5 Å². The lowest BCUT2D eigenvalue weighted by Crippen LogP contribution is -2.41. The fourth-order valence-electron chi connectivity index (χ4n) is 4.63. The molecule has 2 aromatic heterocycles. The first kappa shape index (κ1) is 27.0. The molecule has 1 saturated heterocycles. The third-order valence-electron chi connectivity index (χ3n) is 6.73. The molecule has 1 N–H and O–H groups in total. The summed E-state index contributed by atoms with van der Waals surface area (Å²) >= 11 is 0. The topological polar surface area (TPSA) is 108 Å². The predicted molar refractivity (Wildman–Crippen MR) is 151 cm³/mol. The minimum Gasteiger partial charge on any atom is -0.493 e. The van der Waals surface area contributed by atoms with E-state index in [0.717, 1.165) is 16.7 Å². The largest absolute Gasteiger partial charge is 0.493 e. The summed E-state index contributed by atoms with van der Waals surface area (Å²) in [6.45, 7) is 5.65. The van der Waals surface area contributed by atoms with Crippen molar-refractivity contribution in [2.45, 2.75) is 18.9 Å². The summed E-state index contributed by atoms with van der Waals surface area (Å²) in [5.74, 6) is 3.06.